The van der Waals surface area contributed by atoms with E-state index in [2.05, 4.69) is 21.9 Å². The number of amides is 1. The summed E-state index contributed by atoms with van der Waals surface area (Å²) in [5.41, 5.74) is 0.847. The molecule has 0 radical (unpaired) electrons. The first-order valence-electron chi connectivity index (χ1n) is 7.24. The average Bonchev–Trinajstić information content (AvgIpc) is 2.61. The lowest BCUT2D eigenvalue weighted by Crippen LogP contribution is -2.15. The normalized spacial score (nSPS) is 10.5. The Morgan fingerprint density at radius 2 is 2.04 bits per heavy atom. The Kier molecular flexibility index (Phi) is 5.13. The second-order valence-corrected chi connectivity index (χ2v) is 6.36. The molecule has 1 aromatic heterocycles. The highest BCUT2D eigenvalue weighted by Crippen LogP contribution is 2.22. The predicted octanol–water partition coefficient (Wildman–Crippen LogP) is 4.81. The number of fused-ring (bicyclic) bond motifs is 1. The molecule has 3 rings (SSSR count). The minimum absolute atomic E-state index is 0.159. The van der Waals surface area contributed by atoms with Crippen molar-refractivity contribution in [3.05, 3.63) is 72.0 Å². The summed E-state index contributed by atoms with van der Waals surface area (Å²) in [4.78, 5) is 20.8. The topological polar surface area (TPSA) is 54.9 Å². The summed E-state index contributed by atoms with van der Waals surface area (Å²) in [7, 11) is 0. The van der Waals surface area contributed by atoms with Crippen LogP contribution in [-0.2, 0) is 0 Å². The van der Waals surface area contributed by atoms with Crippen LogP contribution in [0.4, 0.5) is 5.69 Å². The second-order valence-electron chi connectivity index (χ2n) is 4.96. The lowest BCUT2D eigenvalue weighted by molar-refractivity contribution is 0.102. The van der Waals surface area contributed by atoms with Crippen LogP contribution in [0.25, 0.3) is 10.8 Å². The molecule has 0 spiro atoms. The van der Waals surface area contributed by atoms with Crippen LogP contribution >= 0.6 is 23.4 Å². The predicted molar refractivity (Wildman–Crippen MR) is 99.9 cm³/mol. The summed E-state index contributed by atoms with van der Waals surface area (Å²) in [6, 6.07) is 13.7. The fraction of sp³-hybridized carbons (Fsp3) is 0.0556. The van der Waals surface area contributed by atoms with E-state index in [1.165, 1.54) is 18.0 Å². The maximum atomic E-state index is 12.5. The summed E-state index contributed by atoms with van der Waals surface area (Å²) in [5.74, 6) is 0.297. The van der Waals surface area contributed by atoms with Crippen molar-refractivity contribution in [1.82, 2.24) is 9.97 Å². The van der Waals surface area contributed by atoms with Crippen LogP contribution in [0.5, 0.6) is 0 Å². The van der Waals surface area contributed by atoms with E-state index in [-0.39, 0.29) is 16.6 Å². The number of aromatic nitrogens is 2. The molecule has 0 saturated heterocycles. The van der Waals surface area contributed by atoms with Crippen molar-refractivity contribution in [2.45, 2.75) is 5.16 Å². The number of rotatable bonds is 5. The largest absolute Gasteiger partial charge is 0.321 e. The first-order chi connectivity index (χ1) is 11.7. The van der Waals surface area contributed by atoms with Gasteiger partial charge in [-0.05, 0) is 22.9 Å². The van der Waals surface area contributed by atoms with Gasteiger partial charge >= 0.3 is 0 Å². The lowest BCUT2D eigenvalue weighted by atomic mass is 10.1. The third kappa shape index (κ3) is 3.75. The minimum atomic E-state index is -0.363. The quantitative estimate of drug-likeness (QED) is 0.405. The van der Waals surface area contributed by atoms with Crippen LogP contribution in [-0.4, -0.2) is 21.6 Å². The Hall–Kier alpha value is -2.37. The van der Waals surface area contributed by atoms with Crippen molar-refractivity contribution < 1.29 is 4.79 Å². The number of hydrogen-bond donors (Lipinski definition) is 1. The molecule has 2 aromatic carbocycles. The van der Waals surface area contributed by atoms with E-state index < -0.39 is 0 Å². The second kappa shape index (κ2) is 7.47. The molecule has 0 unspecified atom stereocenters. The fourth-order valence-corrected chi connectivity index (χ4v) is 2.90. The Labute approximate surface area is 149 Å². The summed E-state index contributed by atoms with van der Waals surface area (Å²) >= 11 is 7.46. The third-order valence-electron chi connectivity index (χ3n) is 3.27. The van der Waals surface area contributed by atoms with E-state index in [9.17, 15) is 4.79 Å². The number of hydrogen-bond acceptors (Lipinski definition) is 4. The number of thioether (sulfide) groups is 1. The molecule has 0 aliphatic heterocycles. The average molecular weight is 356 g/mol. The SMILES string of the molecule is C=CCSc1ncc(Cl)c(C(=O)Nc2ccc3ccccc3c2)n1. The van der Waals surface area contributed by atoms with Gasteiger partial charge in [-0.25, -0.2) is 9.97 Å². The van der Waals surface area contributed by atoms with Crippen LogP contribution in [0.3, 0.4) is 0 Å². The number of nitrogens with zero attached hydrogens (tertiary/aromatic N) is 2. The summed E-state index contributed by atoms with van der Waals surface area (Å²) in [6.45, 7) is 3.65. The Morgan fingerprint density at radius 3 is 2.83 bits per heavy atom. The molecule has 6 heteroatoms. The number of benzene rings is 2. The summed E-state index contributed by atoms with van der Waals surface area (Å²) in [6.07, 6.45) is 3.19. The highest BCUT2D eigenvalue weighted by atomic mass is 35.5. The van der Waals surface area contributed by atoms with Gasteiger partial charge in [0.2, 0.25) is 0 Å². The van der Waals surface area contributed by atoms with Gasteiger partial charge < -0.3 is 5.32 Å². The molecule has 0 bridgehead atoms. The van der Waals surface area contributed by atoms with Crippen LogP contribution < -0.4 is 5.32 Å². The molecular formula is C18H14ClN3OS. The van der Waals surface area contributed by atoms with Crippen LogP contribution in [0, 0.1) is 0 Å². The molecule has 3 aromatic rings. The maximum Gasteiger partial charge on any atom is 0.275 e. The molecule has 1 heterocycles. The zero-order chi connectivity index (χ0) is 16.9. The number of carbonyl (C=O) groups is 1. The zero-order valence-electron chi connectivity index (χ0n) is 12.7. The highest BCUT2D eigenvalue weighted by molar-refractivity contribution is 7.99. The van der Waals surface area contributed by atoms with Crippen molar-refractivity contribution in [1.29, 1.82) is 0 Å². The molecule has 0 aliphatic rings. The van der Waals surface area contributed by atoms with E-state index in [1.807, 2.05) is 42.5 Å². The van der Waals surface area contributed by atoms with Gasteiger partial charge in [0.25, 0.3) is 5.91 Å². The molecule has 1 N–H and O–H groups in total. The number of anilines is 1. The lowest BCUT2D eigenvalue weighted by Gasteiger charge is -2.08. The van der Waals surface area contributed by atoms with Gasteiger partial charge in [-0.1, -0.05) is 59.8 Å². The van der Waals surface area contributed by atoms with Gasteiger partial charge in [-0.2, -0.15) is 0 Å². The van der Waals surface area contributed by atoms with Gasteiger partial charge in [-0.3, -0.25) is 4.79 Å². The van der Waals surface area contributed by atoms with Crippen molar-refractivity contribution >= 4 is 45.7 Å². The monoisotopic (exact) mass is 355 g/mol. The van der Waals surface area contributed by atoms with E-state index in [0.717, 1.165) is 10.8 Å². The van der Waals surface area contributed by atoms with Gasteiger partial charge in [-0.15, -0.1) is 6.58 Å². The molecule has 0 atom stereocenters. The molecule has 1 amide bonds. The first-order valence-corrected chi connectivity index (χ1v) is 8.60. The zero-order valence-corrected chi connectivity index (χ0v) is 14.3. The minimum Gasteiger partial charge on any atom is -0.321 e. The standard InChI is InChI=1S/C18H14ClN3OS/c1-2-9-24-18-20-11-15(19)16(22-18)17(23)21-14-8-7-12-5-3-4-6-13(12)10-14/h2-8,10-11H,1,9H2,(H,21,23). The molecule has 120 valence electrons. The molecule has 0 saturated carbocycles. The maximum absolute atomic E-state index is 12.5. The number of nitrogens with one attached hydrogen (secondary N) is 1. The van der Waals surface area contributed by atoms with Crippen molar-refractivity contribution in [3.63, 3.8) is 0 Å². The molecular weight excluding hydrogens is 342 g/mol. The highest BCUT2D eigenvalue weighted by Gasteiger charge is 2.14. The van der Waals surface area contributed by atoms with E-state index >= 15 is 0 Å². The Balaban J connectivity index is 1.84. The number of halogens is 1. The summed E-state index contributed by atoms with van der Waals surface area (Å²) < 4.78 is 0. The van der Waals surface area contributed by atoms with Gasteiger partial charge in [0, 0.05) is 11.4 Å². The summed E-state index contributed by atoms with van der Waals surface area (Å²) in [5, 5.41) is 5.70. The van der Waals surface area contributed by atoms with E-state index in [0.29, 0.717) is 16.6 Å². The fourth-order valence-electron chi connectivity index (χ4n) is 2.17. The molecule has 4 nitrogen and oxygen atoms in total. The van der Waals surface area contributed by atoms with Crippen LogP contribution in [0.15, 0.2) is 66.5 Å². The first kappa shape index (κ1) is 16.5. The molecule has 24 heavy (non-hydrogen) atoms. The van der Waals surface area contributed by atoms with Crippen molar-refractivity contribution in [2.75, 3.05) is 11.1 Å². The van der Waals surface area contributed by atoms with Gasteiger partial charge in [0.15, 0.2) is 10.9 Å². The van der Waals surface area contributed by atoms with E-state index in [4.69, 9.17) is 11.6 Å². The third-order valence-corrected chi connectivity index (χ3v) is 4.41. The molecule has 0 aliphatic carbocycles. The van der Waals surface area contributed by atoms with Crippen LogP contribution in [0.1, 0.15) is 10.5 Å². The Morgan fingerprint density at radius 1 is 1.25 bits per heavy atom. The smallest absolute Gasteiger partial charge is 0.275 e. The van der Waals surface area contributed by atoms with Crippen LogP contribution in [0.2, 0.25) is 5.02 Å². The van der Waals surface area contributed by atoms with Gasteiger partial charge in [0.1, 0.15) is 0 Å². The molecule has 0 fully saturated rings. The van der Waals surface area contributed by atoms with Crippen molar-refractivity contribution in [2.24, 2.45) is 0 Å². The van der Waals surface area contributed by atoms with E-state index in [1.54, 1.807) is 6.08 Å². The van der Waals surface area contributed by atoms with Crippen molar-refractivity contribution in [3.8, 4) is 0 Å². The number of carbonyl (C=O) groups excluding carboxylic acids is 1. The van der Waals surface area contributed by atoms with Gasteiger partial charge in [0.05, 0.1) is 11.2 Å². The Bertz CT molecular complexity index is 914.